The van der Waals surface area contributed by atoms with Crippen molar-refractivity contribution in [2.75, 3.05) is 30.5 Å². The third kappa shape index (κ3) is 5.09. The van der Waals surface area contributed by atoms with Crippen LogP contribution in [-0.2, 0) is 4.79 Å². The van der Waals surface area contributed by atoms with E-state index in [2.05, 4.69) is 10.6 Å². The van der Waals surface area contributed by atoms with Crippen LogP contribution in [0, 0.1) is 0 Å². The van der Waals surface area contributed by atoms with Gasteiger partial charge in [-0.15, -0.1) is 0 Å². The van der Waals surface area contributed by atoms with Gasteiger partial charge in [0.2, 0.25) is 0 Å². The molecule has 0 bridgehead atoms. The smallest absolute Gasteiger partial charge is 0.251 e. The molecule has 1 aliphatic heterocycles. The summed E-state index contributed by atoms with van der Waals surface area (Å²) in [4.78, 5) is 13.3. The second kappa shape index (κ2) is 9.89. The van der Waals surface area contributed by atoms with E-state index in [1.54, 1.807) is 0 Å². The van der Waals surface area contributed by atoms with Crippen LogP contribution >= 0.6 is 0 Å². The highest BCUT2D eigenvalue weighted by molar-refractivity contribution is 5.98. The number of anilines is 2. The predicted octanol–water partition coefficient (Wildman–Crippen LogP) is 5.04. The molecule has 0 spiro atoms. The Labute approximate surface area is 182 Å². The lowest BCUT2D eigenvalue weighted by molar-refractivity contribution is -0.117. The topological polar surface area (TPSA) is 68.8 Å². The monoisotopic (exact) mass is 418 g/mol. The van der Waals surface area contributed by atoms with Gasteiger partial charge in [-0.3, -0.25) is 4.79 Å². The number of rotatable bonds is 7. The molecule has 0 fully saturated rings. The SMILES string of the molecule is CCOc1ccccc1NC(=O)[C@@H](Nc1ccc2c(c1)OCCCO2)c1ccccc1. The van der Waals surface area contributed by atoms with Crippen LogP contribution in [0.5, 0.6) is 17.2 Å². The number of fused-ring (bicyclic) bond motifs is 1. The highest BCUT2D eigenvalue weighted by atomic mass is 16.5. The van der Waals surface area contributed by atoms with Gasteiger partial charge < -0.3 is 24.8 Å². The Hall–Kier alpha value is -3.67. The number of carbonyl (C=O) groups excluding carboxylic acids is 1. The highest BCUT2D eigenvalue weighted by Gasteiger charge is 2.22. The minimum absolute atomic E-state index is 0.189. The van der Waals surface area contributed by atoms with E-state index in [0.717, 1.165) is 23.4 Å². The molecule has 3 aromatic carbocycles. The molecular weight excluding hydrogens is 392 g/mol. The fraction of sp³-hybridized carbons (Fsp3) is 0.240. The summed E-state index contributed by atoms with van der Waals surface area (Å²) in [6, 6.07) is 22.1. The molecular formula is C25H26N2O4. The molecule has 6 heteroatoms. The molecule has 0 saturated heterocycles. The molecule has 0 aromatic heterocycles. The molecule has 2 N–H and O–H groups in total. The van der Waals surface area contributed by atoms with E-state index >= 15 is 0 Å². The minimum atomic E-state index is -0.611. The zero-order valence-corrected chi connectivity index (χ0v) is 17.5. The van der Waals surface area contributed by atoms with Crippen molar-refractivity contribution in [2.24, 2.45) is 0 Å². The van der Waals surface area contributed by atoms with Crippen LogP contribution in [0.25, 0.3) is 0 Å². The number of benzene rings is 3. The first-order chi connectivity index (χ1) is 15.2. The van der Waals surface area contributed by atoms with Gasteiger partial charge in [-0.25, -0.2) is 0 Å². The van der Waals surface area contributed by atoms with Gasteiger partial charge in [0.25, 0.3) is 5.91 Å². The summed E-state index contributed by atoms with van der Waals surface area (Å²) < 4.78 is 17.2. The molecule has 4 rings (SSSR count). The van der Waals surface area contributed by atoms with Gasteiger partial charge in [-0.2, -0.15) is 0 Å². The van der Waals surface area contributed by atoms with Crippen molar-refractivity contribution in [3.05, 3.63) is 78.4 Å². The van der Waals surface area contributed by atoms with E-state index in [0.29, 0.717) is 37.0 Å². The van der Waals surface area contributed by atoms with Gasteiger partial charge in [-0.1, -0.05) is 42.5 Å². The van der Waals surface area contributed by atoms with Crippen LogP contribution in [0.4, 0.5) is 11.4 Å². The Bertz CT molecular complexity index is 1020. The fourth-order valence-corrected chi connectivity index (χ4v) is 3.42. The van der Waals surface area contributed by atoms with Crippen molar-refractivity contribution in [1.82, 2.24) is 0 Å². The van der Waals surface area contributed by atoms with Crippen LogP contribution in [-0.4, -0.2) is 25.7 Å². The second-order valence-corrected chi connectivity index (χ2v) is 7.12. The first kappa shape index (κ1) is 20.6. The average molecular weight is 418 g/mol. The Balaban J connectivity index is 1.60. The molecule has 1 heterocycles. The summed E-state index contributed by atoms with van der Waals surface area (Å²) in [6.07, 6.45) is 0.839. The normalized spacial score (nSPS) is 13.6. The summed E-state index contributed by atoms with van der Waals surface area (Å²) >= 11 is 0. The largest absolute Gasteiger partial charge is 0.492 e. The Morgan fingerprint density at radius 2 is 1.71 bits per heavy atom. The molecule has 0 unspecified atom stereocenters. The molecule has 160 valence electrons. The quantitative estimate of drug-likeness (QED) is 0.563. The van der Waals surface area contributed by atoms with Gasteiger partial charge in [0, 0.05) is 18.2 Å². The maximum absolute atomic E-state index is 13.3. The van der Waals surface area contributed by atoms with Crippen LogP contribution in [0.3, 0.4) is 0 Å². The average Bonchev–Trinajstić information content (AvgIpc) is 3.04. The molecule has 31 heavy (non-hydrogen) atoms. The zero-order valence-electron chi connectivity index (χ0n) is 17.5. The van der Waals surface area contributed by atoms with Gasteiger partial charge >= 0.3 is 0 Å². The Morgan fingerprint density at radius 1 is 0.968 bits per heavy atom. The van der Waals surface area contributed by atoms with E-state index in [4.69, 9.17) is 14.2 Å². The lowest BCUT2D eigenvalue weighted by Gasteiger charge is -2.21. The van der Waals surface area contributed by atoms with E-state index < -0.39 is 6.04 Å². The van der Waals surface area contributed by atoms with Gasteiger partial charge in [-0.05, 0) is 36.8 Å². The summed E-state index contributed by atoms with van der Waals surface area (Å²) in [6.45, 7) is 3.67. The van der Waals surface area contributed by atoms with E-state index in [-0.39, 0.29) is 5.91 Å². The van der Waals surface area contributed by atoms with Crippen LogP contribution < -0.4 is 24.8 Å². The summed E-state index contributed by atoms with van der Waals surface area (Å²) in [7, 11) is 0. The second-order valence-electron chi connectivity index (χ2n) is 7.12. The molecule has 3 aromatic rings. The van der Waals surface area contributed by atoms with Crippen molar-refractivity contribution in [1.29, 1.82) is 0 Å². The minimum Gasteiger partial charge on any atom is -0.492 e. The maximum Gasteiger partial charge on any atom is 0.251 e. The number of hydrogen-bond acceptors (Lipinski definition) is 5. The van der Waals surface area contributed by atoms with E-state index in [1.807, 2.05) is 79.7 Å². The molecule has 0 radical (unpaired) electrons. The summed E-state index contributed by atoms with van der Waals surface area (Å²) in [5, 5.41) is 6.35. The van der Waals surface area contributed by atoms with E-state index in [1.165, 1.54) is 0 Å². The first-order valence-electron chi connectivity index (χ1n) is 10.5. The maximum atomic E-state index is 13.3. The number of ether oxygens (including phenoxy) is 3. The van der Waals surface area contributed by atoms with Crippen molar-refractivity contribution in [2.45, 2.75) is 19.4 Å². The zero-order chi connectivity index (χ0) is 21.5. The summed E-state index contributed by atoms with van der Waals surface area (Å²) in [5.41, 5.74) is 2.25. The Kier molecular flexibility index (Phi) is 6.57. The molecule has 0 saturated carbocycles. The van der Waals surface area contributed by atoms with Crippen LogP contribution in [0.2, 0.25) is 0 Å². The van der Waals surface area contributed by atoms with Crippen LogP contribution in [0.1, 0.15) is 24.9 Å². The fourth-order valence-electron chi connectivity index (χ4n) is 3.42. The van der Waals surface area contributed by atoms with Gasteiger partial charge in [0.05, 0.1) is 25.5 Å². The third-order valence-electron chi connectivity index (χ3n) is 4.90. The third-order valence-corrected chi connectivity index (χ3v) is 4.90. The lowest BCUT2D eigenvalue weighted by atomic mass is 10.1. The lowest BCUT2D eigenvalue weighted by Crippen LogP contribution is -2.27. The van der Waals surface area contributed by atoms with E-state index in [9.17, 15) is 4.79 Å². The first-order valence-corrected chi connectivity index (χ1v) is 10.5. The molecule has 1 amide bonds. The van der Waals surface area contributed by atoms with Gasteiger partial charge in [0.15, 0.2) is 11.5 Å². The number of hydrogen-bond donors (Lipinski definition) is 2. The molecule has 6 nitrogen and oxygen atoms in total. The van der Waals surface area contributed by atoms with Gasteiger partial charge in [0.1, 0.15) is 11.8 Å². The molecule has 1 atom stereocenters. The number of para-hydroxylation sites is 2. The highest BCUT2D eigenvalue weighted by Crippen LogP contribution is 2.34. The molecule has 0 aliphatic carbocycles. The number of nitrogens with one attached hydrogen (secondary N) is 2. The molecule has 1 aliphatic rings. The predicted molar refractivity (Wildman–Crippen MR) is 121 cm³/mol. The summed E-state index contributed by atoms with van der Waals surface area (Å²) in [5.74, 6) is 1.84. The van der Waals surface area contributed by atoms with Crippen LogP contribution in [0.15, 0.2) is 72.8 Å². The number of amides is 1. The standard InChI is InChI=1S/C25H26N2O4/c1-2-29-21-12-7-6-11-20(21)27-25(28)24(18-9-4-3-5-10-18)26-19-13-14-22-23(17-19)31-16-8-15-30-22/h3-7,9-14,17,24,26H,2,8,15-16H2,1H3,(H,27,28)/t24-/m0/s1. The number of carbonyl (C=O) groups is 1. The Morgan fingerprint density at radius 3 is 2.52 bits per heavy atom. The van der Waals surface area contributed by atoms with Crippen molar-refractivity contribution < 1.29 is 19.0 Å². The van der Waals surface area contributed by atoms with Crippen molar-refractivity contribution in [3.63, 3.8) is 0 Å². The van der Waals surface area contributed by atoms with Crippen molar-refractivity contribution in [3.8, 4) is 17.2 Å². The van der Waals surface area contributed by atoms with Crippen molar-refractivity contribution >= 4 is 17.3 Å².